The van der Waals surface area contributed by atoms with E-state index in [1.165, 1.54) is 205 Å². The van der Waals surface area contributed by atoms with E-state index in [4.69, 9.17) is 14.2 Å². The largest absolute Gasteiger partial charge is 0.462 e. The zero-order chi connectivity index (χ0) is 56.4. The fourth-order valence-corrected chi connectivity index (χ4v) is 9.84. The van der Waals surface area contributed by atoms with E-state index in [0.717, 1.165) is 103 Å². The highest BCUT2D eigenvalue weighted by Crippen LogP contribution is 2.17. The predicted octanol–water partition coefficient (Wildman–Crippen LogP) is 23.3. The Morgan fingerprint density at radius 2 is 0.500 bits per heavy atom. The molecule has 0 aromatic heterocycles. The van der Waals surface area contributed by atoms with Crippen molar-refractivity contribution in [3.63, 3.8) is 0 Å². The SMILES string of the molecule is CC/C=C\C/C=C\C/C=C\CCCCCC(=O)OCC(COC(=O)CCCCCCCCCCCCCCCCCCCCC/C=C\C/C=C\CCCCCCC)OC(=O)CCCCCCC/C=C\CCCCCCCCC. The average molecular weight is 1090 g/mol. The van der Waals surface area contributed by atoms with Gasteiger partial charge in [0.05, 0.1) is 0 Å². The van der Waals surface area contributed by atoms with E-state index in [-0.39, 0.29) is 31.1 Å². The molecule has 0 aromatic carbocycles. The van der Waals surface area contributed by atoms with Crippen molar-refractivity contribution in [2.45, 2.75) is 354 Å². The maximum Gasteiger partial charge on any atom is 0.306 e. The van der Waals surface area contributed by atoms with E-state index in [2.05, 4.69) is 93.7 Å². The van der Waals surface area contributed by atoms with Gasteiger partial charge in [-0.1, -0.05) is 293 Å². The summed E-state index contributed by atoms with van der Waals surface area (Å²) >= 11 is 0. The summed E-state index contributed by atoms with van der Waals surface area (Å²) in [6.45, 7) is 6.52. The molecule has 0 amide bonds. The maximum atomic E-state index is 12.9. The second-order valence-electron chi connectivity index (χ2n) is 22.7. The molecule has 0 saturated carbocycles. The van der Waals surface area contributed by atoms with Gasteiger partial charge in [0.2, 0.25) is 0 Å². The quantitative estimate of drug-likeness (QED) is 0.0261. The van der Waals surface area contributed by atoms with Gasteiger partial charge in [0.15, 0.2) is 6.10 Å². The second-order valence-corrected chi connectivity index (χ2v) is 22.7. The van der Waals surface area contributed by atoms with Gasteiger partial charge in [0, 0.05) is 19.3 Å². The van der Waals surface area contributed by atoms with Gasteiger partial charge in [-0.05, 0) is 109 Å². The van der Waals surface area contributed by atoms with Crippen molar-refractivity contribution in [3.8, 4) is 0 Å². The van der Waals surface area contributed by atoms with Crippen LogP contribution < -0.4 is 0 Å². The van der Waals surface area contributed by atoms with E-state index < -0.39 is 6.10 Å². The van der Waals surface area contributed by atoms with Crippen LogP contribution >= 0.6 is 0 Å². The number of hydrogen-bond donors (Lipinski definition) is 0. The summed E-state index contributed by atoms with van der Waals surface area (Å²) in [7, 11) is 0. The molecule has 0 aliphatic carbocycles. The standard InChI is InChI=1S/C72H128O6/c1-4-7-10-13-16-19-22-25-27-29-30-31-32-33-34-35-36-37-38-39-40-41-42-43-45-47-50-53-56-59-62-65-71(74)77-68-69(67-76-70(73)64-61-58-55-52-49-46-24-21-18-15-12-9-6-3)78-72(75)66-63-60-57-54-51-48-44-28-26-23-20-17-14-11-8-5-2/h9,12,18,21-22,25,28-30,44,46,49,69H,4-8,10-11,13-17,19-20,23-24,26-27,31-43,45,47-48,50-68H2,1-3H3/b12-9-,21-18-,25-22-,30-29-,44-28-,49-46-. The van der Waals surface area contributed by atoms with Gasteiger partial charge < -0.3 is 14.2 Å². The highest BCUT2D eigenvalue weighted by molar-refractivity contribution is 5.71. The number of carbonyl (C=O) groups excluding carboxylic acids is 3. The minimum atomic E-state index is -0.791. The lowest BCUT2D eigenvalue weighted by molar-refractivity contribution is -0.167. The monoisotopic (exact) mass is 1090 g/mol. The molecule has 6 nitrogen and oxygen atoms in total. The molecule has 0 aromatic rings. The second kappa shape index (κ2) is 66.4. The van der Waals surface area contributed by atoms with E-state index >= 15 is 0 Å². The molecular formula is C72H128O6. The van der Waals surface area contributed by atoms with Crippen molar-refractivity contribution in [1.29, 1.82) is 0 Å². The fraction of sp³-hybridized carbons (Fsp3) is 0.792. The predicted molar refractivity (Wildman–Crippen MR) is 339 cm³/mol. The zero-order valence-electron chi connectivity index (χ0n) is 51.9. The zero-order valence-corrected chi connectivity index (χ0v) is 51.9. The molecule has 0 bridgehead atoms. The van der Waals surface area contributed by atoms with Gasteiger partial charge in [-0.2, -0.15) is 0 Å². The molecule has 0 heterocycles. The lowest BCUT2D eigenvalue weighted by Gasteiger charge is -2.18. The third-order valence-corrected chi connectivity index (χ3v) is 14.9. The molecule has 78 heavy (non-hydrogen) atoms. The smallest absolute Gasteiger partial charge is 0.306 e. The number of carbonyl (C=O) groups is 3. The van der Waals surface area contributed by atoms with E-state index in [1.54, 1.807) is 0 Å². The van der Waals surface area contributed by atoms with E-state index in [0.29, 0.717) is 19.3 Å². The molecule has 0 aliphatic heterocycles. The Morgan fingerprint density at radius 1 is 0.269 bits per heavy atom. The van der Waals surface area contributed by atoms with Crippen molar-refractivity contribution in [2.75, 3.05) is 13.2 Å². The molecule has 0 spiro atoms. The Morgan fingerprint density at radius 3 is 0.808 bits per heavy atom. The van der Waals surface area contributed by atoms with Crippen molar-refractivity contribution in [2.24, 2.45) is 0 Å². The van der Waals surface area contributed by atoms with Crippen LogP contribution in [-0.2, 0) is 28.6 Å². The summed E-state index contributed by atoms with van der Waals surface area (Å²) in [5.41, 5.74) is 0. The average Bonchev–Trinajstić information content (AvgIpc) is 3.44. The highest BCUT2D eigenvalue weighted by atomic mass is 16.6. The van der Waals surface area contributed by atoms with Gasteiger partial charge >= 0.3 is 17.9 Å². The van der Waals surface area contributed by atoms with Crippen LogP contribution in [0.1, 0.15) is 348 Å². The van der Waals surface area contributed by atoms with Gasteiger partial charge in [-0.15, -0.1) is 0 Å². The summed E-state index contributed by atoms with van der Waals surface area (Å²) in [6.07, 6.45) is 86.5. The first-order chi connectivity index (χ1) is 38.5. The lowest BCUT2D eigenvalue weighted by Crippen LogP contribution is -2.30. The first-order valence-electron chi connectivity index (χ1n) is 33.9. The van der Waals surface area contributed by atoms with Crippen LogP contribution in [0.3, 0.4) is 0 Å². The maximum absolute atomic E-state index is 12.9. The Labute approximate surface area is 484 Å². The Hall–Kier alpha value is -3.15. The Kier molecular flexibility index (Phi) is 63.7. The van der Waals surface area contributed by atoms with Crippen LogP contribution in [-0.4, -0.2) is 37.2 Å². The van der Waals surface area contributed by atoms with Crippen LogP contribution in [0.25, 0.3) is 0 Å². The molecule has 0 radical (unpaired) electrons. The topological polar surface area (TPSA) is 78.9 Å². The van der Waals surface area contributed by atoms with Gasteiger partial charge in [-0.25, -0.2) is 0 Å². The van der Waals surface area contributed by atoms with E-state index in [9.17, 15) is 14.4 Å². The molecule has 0 saturated heterocycles. The van der Waals surface area contributed by atoms with Crippen LogP contribution in [0.4, 0.5) is 0 Å². The molecule has 1 atom stereocenters. The summed E-state index contributed by atoms with van der Waals surface area (Å²) in [5, 5.41) is 0. The Bertz CT molecular complexity index is 1440. The van der Waals surface area contributed by atoms with Crippen LogP contribution in [0.5, 0.6) is 0 Å². The number of hydrogen-bond acceptors (Lipinski definition) is 6. The van der Waals surface area contributed by atoms with Crippen molar-refractivity contribution in [3.05, 3.63) is 72.9 Å². The normalized spacial score (nSPS) is 12.5. The van der Waals surface area contributed by atoms with Crippen molar-refractivity contribution >= 4 is 17.9 Å². The number of ether oxygens (including phenoxy) is 3. The van der Waals surface area contributed by atoms with Gasteiger partial charge in [-0.3, -0.25) is 14.4 Å². The molecule has 0 N–H and O–H groups in total. The first kappa shape index (κ1) is 74.8. The number of esters is 3. The van der Waals surface area contributed by atoms with Gasteiger partial charge in [0.25, 0.3) is 0 Å². The van der Waals surface area contributed by atoms with Crippen LogP contribution in [0.2, 0.25) is 0 Å². The molecular weight excluding hydrogens is 961 g/mol. The highest BCUT2D eigenvalue weighted by Gasteiger charge is 2.19. The minimum Gasteiger partial charge on any atom is -0.462 e. The summed E-state index contributed by atoms with van der Waals surface area (Å²) in [5.74, 6) is -0.908. The number of allylic oxidation sites excluding steroid dienone is 12. The number of rotatable bonds is 62. The van der Waals surface area contributed by atoms with Crippen molar-refractivity contribution in [1.82, 2.24) is 0 Å². The molecule has 452 valence electrons. The summed E-state index contributed by atoms with van der Waals surface area (Å²) < 4.78 is 16.9. The third-order valence-electron chi connectivity index (χ3n) is 14.9. The van der Waals surface area contributed by atoms with Gasteiger partial charge in [0.1, 0.15) is 13.2 Å². The molecule has 1 unspecified atom stereocenters. The minimum absolute atomic E-state index is 0.0852. The molecule has 6 heteroatoms. The molecule has 0 rings (SSSR count). The first-order valence-corrected chi connectivity index (χ1v) is 33.9. The van der Waals surface area contributed by atoms with Crippen molar-refractivity contribution < 1.29 is 28.6 Å². The summed E-state index contributed by atoms with van der Waals surface area (Å²) in [4.78, 5) is 38.3. The van der Waals surface area contributed by atoms with Crippen LogP contribution in [0, 0.1) is 0 Å². The Balaban J connectivity index is 4.17. The van der Waals surface area contributed by atoms with E-state index in [1.807, 2.05) is 0 Å². The van der Waals surface area contributed by atoms with Crippen LogP contribution in [0.15, 0.2) is 72.9 Å². The molecule has 0 aliphatic rings. The molecule has 0 fully saturated rings. The fourth-order valence-electron chi connectivity index (χ4n) is 9.84. The number of unbranched alkanes of at least 4 members (excludes halogenated alkanes) is 39. The third kappa shape index (κ3) is 63.7. The lowest BCUT2D eigenvalue weighted by atomic mass is 10.0. The summed E-state index contributed by atoms with van der Waals surface area (Å²) in [6, 6.07) is 0.